The van der Waals surface area contributed by atoms with E-state index in [4.69, 9.17) is 11.6 Å². The van der Waals surface area contributed by atoms with Crippen LogP contribution >= 0.6 is 23.4 Å². The lowest BCUT2D eigenvalue weighted by atomic mass is 10.3. The molecule has 2 nitrogen and oxygen atoms in total. The molecule has 1 N–H and O–H groups in total. The zero-order valence-corrected chi connectivity index (χ0v) is 9.58. The van der Waals surface area contributed by atoms with Gasteiger partial charge < -0.3 is 5.32 Å². The monoisotopic (exact) mass is 247 g/mol. The van der Waals surface area contributed by atoms with E-state index in [2.05, 4.69) is 5.32 Å². The van der Waals surface area contributed by atoms with Crippen LogP contribution in [0.3, 0.4) is 0 Å². The zero-order valence-electron chi connectivity index (χ0n) is 8.00. The highest BCUT2D eigenvalue weighted by Gasteiger charge is 2.01. The van der Waals surface area contributed by atoms with Gasteiger partial charge in [-0.1, -0.05) is 11.6 Å². The Morgan fingerprint density at radius 1 is 1.40 bits per heavy atom. The summed E-state index contributed by atoms with van der Waals surface area (Å²) in [5.41, 5.74) is 0.699. The van der Waals surface area contributed by atoms with Gasteiger partial charge in [0.15, 0.2) is 0 Å². The van der Waals surface area contributed by atoms with E-state index < -0.39 is 6.67 Å². The predicted octanol–water partition coefficient (Wildman–Crippen LogP) is 2.98. The number of anilines is 1. The number of halogens is 2. The Balaban J connectivity index is 2.34. The molecule has 0 radical (unpaired) electrons. The van der Waals surface area contributed by atoms with Crippen molar-refractivity contribution in [3.05, 3.63) is 29.3 Å². The van der Waals surface area contributed by atoms with Gasteiger partial charge in [0, 0.05) is 16.5 Å². The molecule has 0 aliphatic carbocycles. The minimum absolute atomic E-state index is 0.129. The summed E-state index contributed by atoms with van der Waals surface area (Å²) in [6.07, 6.45) is 0. The Kier molecular flexibility index (Phi) is 5.50. The highest BCUT2D eigenvalue weighted by atomic mass is 35.5. The average Bonchev–Trinajstić information content (AvgIpc) is 2.22. The summed E-state index contributed by atoms with van der Waals surface area (Å²) in [4.78, 5) is 11.3. The maximum Gasteiger partial charge on any atom is 0.234 e. The van der Waals surface area contributed by atoms with Crippen LogP contribution in [0.2, 0.25) is 5.02 Å². The highest BCUT2D eigenvalue weighted by Crippen LogP contribution is 2.13. The maximum absolute atomic E-state index is 11.7. The number of benzene rings is 1. The van der Waals surface area contributed by atoms with Crippen molar-refractivity contribution < 1.29 is 9.18 Å². The molecule has 0 saturated heterocycles. The number of carbonyl (C=O) groups excluding carboxylic acids is 1. The molecule has 0 fully saturated rings. The van der Waals surface area contributed by atoms with Gasteiger partial charge in [0.05, 0.1) is 12.4 Å². The van der Waals surface area contributed by atoms with Crippen LogP contribution in [-0.2, 0) is 4.79 Å². The lowest BCUT2D eigenvalue weighted by Crippen LogP contribution is -2.14. The molecule has 0 aromatic heterocycles. The van der Waals surface area contributed by atoms with Crippen molar-refractivity contribution >= 4 is 35.0 Å². The fourth-order valence-electron chi connectivity index (χ4n) is 0.950. The highest BCUT2D eigenvalue weighted by molar-refractivity contribution is 7.99. The Hall–Kier alpha value is -0.740. The topological polar surface area (TPSA) is 29.1 Å². The van der Waals surface area contributed by atoms with Gasteiger partial charge >= 0.3 is 0 Å². The lowest BCUT2D eigenvalue weighted by Gasteiger charge is -2.04. The van der Waals surface area contributed by atoms with Crippen molar-refractivity contribution in [3.63, 3.8) is 0 Å². The second-order valence-electron chi connectivity index (χ2n) is 2.80. The van der Waals surface area contributed by atoms with Crippen LogP contribution in [0.15, 0.2) is 24.3 Å². The first kappa shape index (κ1) is 12.3. The van der Waals surface area contributed by atoms with Crippen LogP contribution in [0.1, 0.15) is 0 Å². The van der Waals surface area contributed by atoms with Gasteiger partial charge in [0.25, 0.3) is 0 Å². The fraction of sp³-hybridized carbons (Fsp3) is 0.300. The van der Waals surface area contributed by atoms with Crippen molar-refractivity contribution in [1.29, 1.82) is 0 Å². The number of amides is 1. The number of hydrogen-bond acceptors (Lipinski definition) is 2. The second kappa shape index (κ2) is 6.69. The predicted molar refractivity (Wildman–Crippen MR) is 63.4 cm³/mol. The number of thioether (sulfide) groups is 1. The van der Waals surface area contributed by atoms with Crippen molar-refractivity contribution in [2.75, 3.05) is 23.5 Å². The van der Waals surface area contributed by atoms with E-state index >= 15 is 0 Å². The van der Waals surface area contributed by atoms with E-state index in [1.165, 1.54) is 11.8 Å². The first-order chi connectivity index (χ1) is 7.22. The van der Waals surface area contributed by atoms with E-state index in [0.29, 0.717) is 16.5 Å². The first-order valence-corrected chi connectivity index (χ1v) is 5.95. The van der Waals surface area contributed by atoms with Gasteiger partial charge in [0.1, 0.15) is 0 Å². The van der Waals surface area contributed by atoms with Crippen molar-refractivity contribution in [1.82, 2.24) is 0 Å². The standard InChI is InChI=1S/C10H11ClFNOS/c11-8-1-3-9(4-2-8)13-10(14)7-15-6-5-12/h1-4H,5-7H2,(H,13,14). The summed E-state index contributed by atoms with van der Waals surface area (Å²) >= 11 is 6.96. The number of alkyl halides is 1. The molecule has 1 rings (SSSR count). The molecule has 1 aromatic rings. The van der Waals surface area contributed by atoms with Crippen molar-refractivity contribution in [2.45, 2.75) is 0 Å². The van der Waals surface area contributed by atoms with E-state index in [9.17, 15) is 9.18 Å². The number of carbonyl (C=O) groups is 1. The van der Waals surface area contributed by atoms with Crippen LogP contribution in [0.4, 0.5) is 10.1 Å². The summed E-state index contributed by atoms with van der Waals surface area (Å²) in [5.74, 6) is 0.497. The van der Waals surface area contributed by atoms with Crippen LogP contribution < -0.4 is 5.32 Å². The molecule has 0 heterocycles. The smallest absolute Gasteiger partial charge is 0.234 e. The molecule has 0 unspecified atom stereocenters. The minimum atomic E-state index is -0.404. The molecule has 0 bridgehead atoms. The fourth-order valence-corrected chi connectivity index (χ4v) is 1.59. The molecule has 15 heavy (non-hydrogen) atoms. The second-order valence-corrected chi connectivity index (χ2v) is 4.34. The summed E-state index contributed by atoms with van der Waals surface area (Å²) in [7, 11) is 0. The van der Waals surface area contributed by atoms with Gasteiger partial charge in [-0.2, -0.15) is 0 Å². The number of hydrogen-bond donors (Lipinski definition) is 1. The number of rotatable bonds is 5. The Bertz CT molecular complexity index is 318. The van der Waals surface area contributed by atoms with Crippen molar-refractivity contribution in [3.8, 4) is 0 Å². The molecule has 1 aromatic carbocycles. The molecule has 1 amide bonds. The molecule has 5 heteroatoms. The lowest BCUT2D eigenvalue weighted by molar-refractivity contribution is -0.113. The van der Waals surface area contributed by atoms with Gasteiger partial charge in [-0.25, -0.2) is 0 Å². The normalized spacial score (nSPS) is 10.0. The summed E-state index contributed by atoms with van der Waals surface area (Å²) in [6, 6.07) is 6.85. The van der Waals surface area contributed by atoms with E-state index in [0.717, 1.165) is 0 Å². The average molecular weight is 248 g/mol. The molecule has 82 valence electrons. The van der Waals surface area contributed by atoms with E-state index in [1.54, 1.807) is 24.3 Å². The summed E-state index contributed by atoms with van der Waals surface area (Å²) in [6.45, 7) is -0.404. The SMILES string of the molecule is O=C(CSCCF)Nc1ccc(Cl)cc1. The van der Waals surface area contributed by atoms with Crippen LogP contribution in [-0.4, -0.2) is 24.1 Å². The first-order valence-electron chi connectivity index (χ1n) is 4.41. The molecule has 0 atom stereocenters. The largest absolute Gasteiger partial charge is 0.325 e. The molecular formula is C10H11ClFNOS. The van der Waals surface area contributed by atoms with Gasteiger partial charge in [0.2, 0.25) is 5.91 Å². The third kappa shape index (κ3) is 5.04. The quantitative estimate of drug-likeness (QED) is 0.811. The van der Waals surface area contributed by atoms with Gasteiger partial charge in [-0.3, -0.25) is 9.18 Å². The van der Waals surface area contributed by atoms with Gasteiger partial charge in [-0.15, -0.1) is 11.8 Å². The van der Waals surface area contributed by atoms with E-state index in [-0.39, 0.29) is 11.7 Å². The Labute approximate surface area is 97.2 Å². The van der Waals surface area contributed by atoms with Crippen LogP contribution in [0, 0.1) is 0 Å². The van der Waals surface area contributed by atoms with Crippen LogP contribution in [0.5, 0.6) is 0 Å². The molecular weight excluding hydrogens is 237 g/mol. The molecule has 0 saturated carbocycles. The zero-order chi connectivity index (χ0) is 11.1. The van der Waals surface area contributed by atoms with Gasteiger partial charge in [-0.05, 0) is 24.3 Å². The third-order valence-electron chi connectivity index (χ3n) is 1.58. The molecule has 0 aliphatic rings. The summed E-state index contributed by atoms with van der Waals surface area (Å²) < 4.78 is 11.7. The Morgan fingerprint density at radius 3 is 2.67 bits per heavy atom. The summed E-state index contributed by atoms with van der Waals surface area (Å²) in [5, 5.41) is 3.31. The minimum Gasteiger partial charge on any atom is -0.325 e. The molecule has 0 spiro atoms. The number of nitrogens with one attached hydrogen (secondary N) is 1. The van der Waals surface area contributed by atoms with Crippen LogP contribution in [0.25, 0.3) is 0 Å². The van der Waals surface area contributed by atoms with E-state index in [1.807, 2.05) is 0 Å². The Morgan fingerprint density at radius 2 is 2.07 bits per heavy atom. The molecule has 0 aliphatic heterocycles. The third-order valence-corrected chi connectivity index (χ3v) is 2.74. The van der Waals surface area contributed by atoms with Crippen molar-refractivity contribution in [2.24, 2.45) is 0 Å². The maximum atomic E-state index is 11.7.